The Kier molecular flexibility index (Phi) is 6.12. The molecule has 0 bridgehead atoms. The van der Waals surface area contributed by atoms with Gasteiger partial charge in [0.1, 0.15) is 17.2 Å². The van der Waals surface area contributed by atoms with Crippen molar-refractivity contribution in [3.05, 3.63) is 94.5 Å². The van der Waals surface area contributed by atoms with Gasteiger partial charge >= 0.3 is 0 Å². The highest BCUT2D eigenvalue weighted by Gasteiger charge is 2.24. The molecule has 0 saturated heterocycles. The normalized spacial score (nSPS) is 10.9. The fourth-order valence-corrected chi connectivity index (χ4v) is 4.00. The third-order valence-corrected chi connectivity index (χ3v) is 5.99. The van der Waals surface area contributed by atoms with Gasteiger partial charge in [-0.05, 0) is 98.8 Å². The Labute approximate surface area is 200 Å². The molecule has 0 aliphatic rings. The zero-order valence-electron chi connectivity index (χ0n) is 20.0. The Morgan fingerprint density at radius 3 is 1.59 bits per heavy atom. The predicted molar refractivity (Wildman–Crippen MR) is 136 cm³/mol. The number of aromatic hydroxyl groups is 3. The minimum absolute atomic E-state index is 0.0753. The highest BCUT2D eigenvalue weighted by molar-refractivity contribution is 5.87. The van der Waals surface area contributed by atoms with E-state index in [1.165, 1.54) is 0 Å². The fraction of sp³-hybridized carbons (Fsp3) is 0.172. The third kappa shape index (κ3) is 4.25. The first-order chi connectivity index (χ1) is 16.2. The van der Waals surface area contributed by atoms with Gasteiger partial charge in [0.05, 0.1) is 11.4 Å². The molecular weight excluding hydrogens is 426 g/mol. The Morgan fingerprint density at radius 2 is 1.09 bits per heavy atom. The van der Waals surface area contributed by atoms with Crippen molar-refractivity contribution in [1.82, 2.24) is 0 Å². The van der Waals surface area contributed by atoms with Crippen LogP contribution in [-0.2, 0) is 0 Å². The molecule has 0 aromatic heterocycles. The lowest BCUT2D eigenvalue weighted by atomic mass is 10.0. The van der Waals surface area contributed by atoms with Crippen LogP contribution < -0.4 is 9.64 Å². The summed E-state index contributed by atoms with van der Waals surface area (Å²) in [5.41, 5.74) is 6.12. The summed E-state index contributed by atoms with van der Waals surface area (Å²) in [6.45, 7) is 9.47. The first kappa shape index (κ1) is 23.1. The topological polar surface area (TPSA) is 73.2 Å². The van der Waals surface area contributed by atoms with Crippen molar-refractivity contribution in [1.29, 1.82) is 0 Å². The van der Waals surface area contributed by atoms with E-state index in [9.17, 15) is 15.3 Å². The minimum Gasteiger partial charge on any atom is -0.505 e. The van der Waals surface area contributed by atoms with Gasteiger partial charge in [0.2, 0.25) is 0 Å². The lowest BCUT2D eigenvalue weighted by Crippen LogP contribution is -2.14. The molecule has 0 heterocycles. The summed E-state index contributed by atoms with van der Waals surface area (Å²) in [5, 5.41) is 32.3. The molecule has 5 nitrogen and oxygen atoms in total. The molecule has 34 heavy (non-hydrogen) atoms. The lowest BCUT2D eigenvalue weighted by molar-refractivity contribution is 0.411. The maximum atomic E-state index is 11.0. The highest BCUT2D eigenvalue weighted by Crippen LogP contribution is 2.48. The largest absolute Gasteiger partial charge is 0.505 e. The number of nitrogens with zero attached hydrogens (tertiary/aromatic N) is 1. The summed E-state index contributed by atoms with van der Waals surface area (Å²) in [7, 11) is 0. The van der Waals surface area contributed by atoms with Crippen molar-refractivity contribution in [2.75, 3.05) is 4.90 Å². The summed E-state index contributed by atoms with van der Waals surface area (Å²) in [6.07, 6.45) is 0. The van der Waals surface area contributed by atoms with Gasteiger partial charge in [-0.1, -0.05) is 30.3 Å². The monoisotopic (exact) mass is 455 g/mol. The van der Waals surface area contributed by atoms with Crippen LogP contribution in [0.4, 0.5) is 17.1 Å². The van der Waals surface area contributed by atoms with E-state index in [1.54, 1.807) is 24.3 Å². The molecule has 0 aliphatic heterocycles. The minimum atomic E-state index is 0.0753. The number of rotatable bonds is 5. The van der Waals surface area contributed by atoms with Crippen LogP contribution in [0.3, 0.4) is 0 Å². The zero-order chi connectivity index (χ0) is 24.6. The second kappa shape index (κ2) is 9.02. The van der Waals surface area contributed by atoms with Crippen LogP contribution >= 0.6 is 0 Å². The molecule has 174 valence electrons. The molecule has 4 aromatic carbocycles. The van der Waals surface area contributed by atoms with Crippen LogP contribution in [0, 0.1) is 34.6 Å². The molecule has 0 saturated carbocycles. The van der Waals surface area contributed by atoms with Crippen molar-refractivity contribution in [2.45, 2.75) is 34.6 Å². The van der Waals surface area contributed by atoms with Crippen molar-refractivity contribution >= 4 is 17.1 Å². The number of hydrogen-bond donors (Lipinski definition) is 3. The summed E-state index contributed by atoms with van der Waals surface area (Å²) < 4.78 is 5.88. The van der Waals surface area contributed by atoms with Gasteiger partial charge < -0.3 is 25.0 Å². The molecule has 0 spiro atoms. The van der Waals surface area contributed by atoms with E-state index < -0.39 is 0 Å². The number of hydrogen-bond acceptors (Lipinski definition) is 5. The number of anilines is 3. The average molecular weight is 456 g/mol. The van der Waals surface area contributed by atoms with Gasteiger partial charge in [-0.15, -0.1) is 0 Å². The van der Waals surface area contributed by atoms with Gasteiger partial charge in [-0.3, -0.25) is 0 Å². The molecule has 0 atom stereocenters. The molecule has 0 aliphatic carbocycles. The van der Waals surface area contributed by atoms with Gasteiger partial charge in [-0.25, -0.2) is 0 Å². The van der Waals surface area contributed by atoms with Crippen LogP contribution in [0.15, 0.2) is 66.7 Å². The van der Waals surface area contributed by atoms with Crippen molar-refractivity contribution < 1.29 is 20.1 Å². The fourth-order valence-electron chi connectivity index (χ4n) is 4.00. The van der Waals surface area contributed by atoms with Crippen LogP contribution in [0.25, 0.3) is 0 Å². The third-order valence-electron chi connectivity index (χ3n) is 5.99. The highest BCUT2D eigenvalue weighted by atomic mass is 16.5. The Hall–Kier alpha value is -4.12. The predicted octanol–water partition coefficient (Wildman–Crippen LogP) is 7.61. The summed E-state index contributed by atoms with van der Waals surface area (Å²) in [6, 6.07) is 20.2. The van der Waals surface area contributed by atoms with Gasteiger partial charge in [0.15, 0.2) is 11.5 Å². The maximum absolute atomic E-state index is 11.0. The van der Waals surface area contributed by atoms with Gasteiger partial charge in [0.25, 0.3) is 0 Å². The summed E-state index contributed by atoms with van der Waals surface area (Å²) in [5.74, 6) is 1.31. The summed E-state index contributed by atoms with van der Waals surface area (Å²) in [4.78, 5) is 1.88. The molecule has 3 N–H and O–H groups in total. The standard InChI is InChI=1S/C29H29NO4/c1-17-6-15-25(24(31)16-17)34-23-13-11-22(12-14-23)30(26-18(2)7-9-20(4)28(26)32)27-19(3)8-10-21(5)29(27)33/h6-16,31-33H,1-5H3. The molecule has 0 radical (unpaired) electrons. The van der Waals surface area contributed by atoms with Crippen LogP contribution in [-0.4, -0.2) is 15.3 Å². The van der Waals surface area contributed by atoms with E-state index in [-0.39, 0.29) is 17.2 Å². The number of ether oxygens (including phenoxy) is 1. The second-order valence-electron chi connectivity index (χ2n) is 8.70. The van der Waals surface area contributed by atoms with Crippen LogP contribution in [0.2, 0.25) is 0 Å². The zero-order valence-corrected chi connectivity index (χ0v) is 20.0. The first-order valence-corrected chi connectivity index (χ1v) is 11.1. The van der Waals surface area contributed by atoms with Gasteiger partial charge in [0, 0.05) is 5.69 Å². The van der Waals surface area contributed by atoms with E-state index in [4.69, 9.17) is 4.74 Å². The quantitative estimate of drug-likeness (QED) is 0.289. The molecule has 5 heteroatoms. The van der Waals surface area contributed by atoms with E-state index >= 15 is 0 Å². The average Bonchev–Trinajstić information content (AvgIpc) is 2.80. The van der Waals surface area contributed by atoms with Crippen LogP contribution in [0.5, 0.6) is 28.7 Å². The van der Waals surface area contributed by atoms with Crippen molar-refractivity contribution in [3.63, 3.8) is 0 Å². The Balaban J connectivity index is 1.84. The number of phenolic OH excluding ortho intramolecular Hbond substituents is 3. The molecule has 0 amide bonds. The van der Waals surface area contributed by atoms with Crippen LogP contribution in [0.1, 0.15) is 27.8 Å². The number of phenols is 3. The van der Waals surface area contributed by atoms with E-state index in [0.717, 1.165) is 33.5 Å². The molecule has 4 rings (SSSR count). The number of benzene rings is 4. The second-order valence-corrected chi connectivity index (χ2v) is 8.70. The van der Waals surface area contributed by atoms with Gasteiger partial charge in [-0.2, -0.15) is 0 Å². The molecule has 0 fully saturated rings. The lowest BCUT2D eigenvalue weighted by Gasteiger charge is -2.30. The Morgan fingerprint density at radius 1 is 0.588 bits per heavy atom. The maximum Gasteiger partial charge on any atom is 0.169 e. The van der Waals surface area contributed by atoms with Crippen molar-refractivity contribution in [3.8, 4) is 28.7 Å². The number of aryl methyl sites for hydroxylation is 5. The summed E-state index contributed by atoms with van der Waals surface area (Å²) >= 11 is 0. The molecule has 4 aromatic rings. The SMILES string of the molecule is Cc1ccc(Oc2ccc(N(c3c(C)ccc(C)c3O)c3c(C)ccc(C)c3O)cc2)c(O)c1. The molecule has 0 unspecified atom stereocenters. The van der Waals surface area contributed by atoms with E-state index in [0.29, 0.717) is 22.9 Å². The first-order valence-electron chi connectivity index (χ1n) is 11.1. The van der Waals surface area contributed by atoms with E-state index in [1.807, 2.05) is 82.0 Å². The van der Waals surface area contributed by atoms with Crippen molar-refractivity contribution in [2.24, 2.45) is 0 Å². The Bertz CT molecular complexity index is 1300. The molecular formula is C29H29NO4. The van der Waals surface area contributed by atoms with E-state index in [2.05, 4.69) is 0 Å². The smallest absolute Gasteiger partial charge is 0.169 e.